The standard InChI is InChI=1S/C28H43NO11/c1-15(2)19(8)37-27(32)39-23-11-10-21(13-24(23)40-28(33)38-20(9)16(3)4)12-22(29)25(30)36-18(7)14-34-26(31)35-17(5)6/h10-11,13,15-20,22H,12,14,29H2,1-9H3/t18-,19?,20?,22-/m0/s1. The van der Waals surface area contributed by atoms with Gasteiger partial charge in [-0.05, 0) is 70.6 Å². The third-order valence-electron chi connectivity index (χ3n) is 5.68. The first-order chi connectivity index (χ1) is 18.6. The first-order valence-corrected chi connectivity index (χ1v) is 13.3. The predicted molar refractivity (Wildman–Crippen MR) is 144 cm³/mol. The summed E-state index contributed by atoms with van der Waals surface area (Å²) in [6.45, 7) is 15.6. The van der Waals surface area contributed by atoms with Gasteiger partial charge in [-0.3, -0.25) is 4.79 Å². The minimum absolute atomic E-state index is 0.00921. The Morgan fingerprint density at radius 2 is 1.23 bits per heavy atom. The van der Waals surface area contributed by atoms with Crippen LogP contribution in [0.4, 0.5) is 14.4 Å². The van der Waals surface area contributed by atoms with Crippen LogP contribution < -0.4 is 15.2 Å². The van der Waals surface area contributed by atoms with Gasteiger partial charge in [-0.1, -0.05) is 33.8 Å². The van der Waals surface area contributed by atoms with E-state index < -0.39 is 48.8 Å². The molecule has 1 rings (SSSR count). The van der Waals surface area contributed by atoms with E-state index in [2.05, 4.69) is 0 Å². The summed E-state index contributed by atoms with van der Waals surface area (Å²) in [6, 6.07) is 3.23. The smallest absolute Gasteiger partial charge is 0.458 e. The summed E-state index contributed by atoms with van der Waals surface area (Å²) in [5, 5.41) is 0. The molecule has 0 aliphatic carbocycles. The van der Waals surface area contributed by atoms with Crippen molar-refractivity contribution in [3.63, 3.8) is 0 Å². The van der Waals surface area contributed by atoms with Crippen molar-refractivity contribution >= 4 is 24.4 Å². The Balaban J connectivity index is 2.95. The maximum atomic E-state index is 12.5. The zero-order valence-electron chi connectivity index (χ0n) is 24.8. The molecule has 0 saturated heterocycles. The number of rotatable bonds is 13. The number of benzene rings is 1. The Morgan fingerprint density at radius 3 is 1.73 bits per heavy atom. The molecule has 12 heteroatoms. The molecule has 0 spiro atoms. The lowest BCUT2D eigenvalue weighted by Crippen LogP contribution is -2.37. The molecule has 2 N–H and O–H groups in total. The molecular weight excluding hydrogens is 526 g/mol. The quantitative estimate of drug-likeness (QED) is 0.189. The number of nitrogens with two attached hydrogens (primary N) is 1. The van der Waals surface area contributed by atoms with E-state index in [4.69, 9.17) is 38.9 Å². The van der Waals surface area contributed by atoms with Gasteiger partial charge in [0.2, 0.25) is 0 Å². The molecule has 1 aromatic rings. The van der Waals surface area contributed by atoms with Crippen molar-refractivity contribution in [2.45, 2.75) is 99.2 Å². The van der Waals surface area contributed by atoms with Crippen LogP contribution in [-0.4, -0.2) is 61.5 Å². The maximum Gasteiger partial charge on any atom is 0.514 e. The third kappa shape index (κ3) is 13.0. The monoisotopic (exact) mass is 569 g/mol. The van der Waals surface area contributed by atoms with Crippen molar-refractivity contribution in [1.82, 2.24) is 0 Å². The third-order valence-corrected chi connectivity index (χ3v) is 5.68. The fourth-order valence-corrected chi connectivity index (χ4v) is 2.72. The molecular formula is C28H43NO11. The summed E-state index contributed by atoms with van der Waals surface area (Å²) in [7, 11) is 0. The summed E-state index contributed by atoms with van der Waals surface area (Å²) >= 11 is 0. The van der Waals surface area contributed by atoms with Crippen molar-refractivity contribution in [2.75, 3.05) is 6.61 Å². The van der Waals surface area contributed by atoms with E-state index >= 15 is 0 Å². The molecule has 226 valence electrons. The molecule has 0 fully saturated rings. The topological polar surface area (TPSA) is 159 Å². The number of hydrogen-bond donors (Lipinski definition) is 1. The highest BCUT2D eigenvalue weighted by molar-refractivity contribution is 5.76. The molecule has 0 aliphatic rings. The van der Waals surface area contributed by atoms with Crippen molar-refractivity contribution in [3.8, 4) is 11.5 Å². The summed E-state index contributed by atoms with van der Waals surface area (Å²) in [4.78, 5) is 48.7. The van der Waals surface area contributed by atoms with Crippen molar-refractivity contribution < 1.29 is 52.3 Å². The van der Waals surface area contributed by atoms with E-state index in [-0.39, 0.29) is 42.5 Å². The van der Waals surface area contributed by atoms with E-state index in [9.17, 15) is 19.2 Å². The molecule has 0 aliphatic heterocycles. The number of hydrogen-bond acceptors (Lipinski definition) is 12. The van der Waals surface area contributed by atoms with Crippen LogP contribution in [0.5, 0.6) is 11.5 Å². The van der Waals surface area contributed by atoms with Gasteiger partial charge in [-0.2, -0.15) is 0 Å². The number of carbonyl (C=O) groups excluding carboxylic acids is 4. The minimum Gasteiger partial charge on any atom is -0.458 e. The lowest BCUT2D eigenvalue weighted by Gasteiger charge is -2.19. The molecule has 0 heterocycles. The average Bonchev–Trinajstić information content (AvgIpc) is 2.83. The van der Waals surface area contributed by atoms with Crippen LogP contribution in [0, 0.1) is 11.8 Å². The lowest BCUT2D eigenvalue weighted by molar-refractivity contribution is -0.152. The van der Waals surface area contributed by atoms with E-state index in [1.165, 1.54) is 19.1 Å². The van der Waals surface area contributed by atoms with Crippen LogP contribution in [0.15, 0.2) is 18.2 Å². The summed E-state index contributed by atoms with van der Waals surface area (Å²) in [5.41, 5.74) is 6.50. The Kier molecular flexibility index (Phi) is 14.3. The average molecular weight is 570 g/mol. The summed E-state index contributed by atoms with van der Waals surface area (Å²) < 4.78 is 36.1. The van der Waals surface area contributed by atoms with Crippen LogP contribution in [0.25, 0.3) is 0 Å². The van der Waals surface area contributed by atoms with Gasteiger partial charge in [0.1, 0.15) is 31.0 Å². The second-order valence-corrected chi connectivity index (χ2v) is 10.4. The van der Waals surface area contributed by atoms with Gasteiger partial charge in [-0.15, -0.1) is 0 Å². The van der Waals surface area contributed by atoms with Gasteiger partial charge in [0, 0.05) is 0 Å². The highest BCUT2D eigenvalue weighted by atomic mass is 16.8. The molecule has 0 aromatic heterocycles. The summed E-state index contributed by atoms with van der Waals surface area (Å²) in [6.07, 6.45) is -4.82. The molecule has 12 nitrogen and oxygen atoms in total. The van der Waals surface area contributed by atoms with Gasteiger partial charge in [0.25, 0.3) is 0 Å². The van der Waals surface area contributed by atoms with Crippen LogP contribution in [0.1, 0.15) is 67.9 Å². The largest absolute Gasteiger partial charge is 0.514 e. The Morgan fingerprint density at radius 1 is 0.700 bits per heavy atom. The fraction of sp³-hybridized carbons (Fsp3) is 0.643. The van der Waals surface area contributed by atoms with Gasteiger partial charge in [0.05, 0.1) is 6.10 Å². The second-order valence-electron chi connectivity index (χ2n) is 10.4. The molecule has 1 aromatic carbocycles. The number of carbonyl (C=O) groups is 4. The molecule has 4 atom stereocenters. The fourth-order valence-electron chi connectivity index (χ4n) is 2.72. The molecule has 40 heavy (non-hydrogen) atoms. The van der Waals surface area contributed by atoms with Crippen LogP contribution in [0.2, 0.25) is 0 Å². The number of ether oxygens (including phenoxy) is 7. The highest BCUT2D eigenvalue weighted by Crippen LogP contribution is 2.30. The first-order valence-electron chi connectivity index (χ1n) is 13.3. The predicted octanol–water partition coefficient (Wildman–Crippen LogP) is 5.17. The molecule has 0 radical (unpaired) electrons. The van der Waals surface area contributed by atoms with Gasteiger partial charge >= 0.3 is 24.4 Å². The first kappa shape index (κ1) is 34.5. The second kappa shape index (κ2) is 16.5. The molecule has 0 amide bonds. The Labute approximate surface area is 235 Å². The van der Waals surface area contributed by atoms with Gasteiger partial charge < -0.3 is 38.9 Å². The number of esters is 1. The van der Waals surface area contributed by atoms with Crippen molar-refractivity contribution in [2.24, 2.45) is 17.6 Å². The SMILES string of the molecule is CC(C)OC(=O)OC[C@H](C)OC(=O)[C@@H](N)Cc1ccc(OC(=O)OC(C)C(C)C)c(OC(=O)OC(C)C(C)C)c1. The Hall–Kier alpha value is -3.54. The van der Waals surface area contributed by atoms with Crippen LogP contribution in [0.3, 0.4) is 0 Å². The van der Waals surface area contributed by atoms with Crippen molar-refractivity contribution in [1.29, 1.82) is 0 Å². The van der Waals surface area contributed by atoms with Crippen molar-refractivity contribution in [3.05, 3.63) is 23.8 Å². The molecule has 0 bridgehead atoms. The zero-order valence-corrected chi connectivity index (χ0v) is 24.8. The van der Waals surface area contributed by atoms with E-state index in [0.29, 0.717) is 5.56 Å². The maximum absolute atomic E-state index is 12.5. The molecule has 2 unspecified atom stereocenters. The minimum atomic E-state index is -1.10. The van der Waals surface area contributed by atoms with Crippen LogP contribution in [-0.2, 0) is 34.9 Å². The van der Waals surface area contributed by atoms with Gasteiger partial charge in [0.15, 0.2) is 11.5 Å². The zero-order chi connectivity index (χ0) is 30.6. The lowest BCUT2D eigenvalue weighted by atomic mass is 10.1. The highest BCUT2D eigenvalue weighted by Gasteiger charge is 2.24. The molecule has 0 saturated carbocycles. The summed E-state index contributed by atoms with van der Waals surface area (Å²) in [5.74, 6) is -0.859. The van der Waals surface area contributed by atoms with E-state index in [1.807, 2.05) is 27.7 Å². The van der Waals surface area contributed by atoms with E-state index in [1.54, 1.807) is 33.8 Å². The van der Waals surface area contributed by atoms with Gasteiger partial charge in [-0.25, -0.2) is 14.4 Å². The van der Waals surface area contributed by atoms with E-state index in [0.717, 1.165) is 0 Å². The van der Waals surface area contributed by atoms with Crippen LogP contribution >= 0.6 is 0 Å². The normalized spacial score (nSPS) is 14.1. The Bertz CT molecular complexity index is 992.